The second-order valence-electron chi connectivity index (χ2n) is 3.54. The molecule has 1 fully saturated rings. The molecule has 16 heavy (non-hydrogen) atoms. The van der Waals surface area contributed by atoms with Gasteiger partial charge in [-0.2, -0.15) is 0 Å². The third-order valence-corrected chi connectivity index (χ3v) is 2.43. The van der Waals surface area contributed by atoms with Gasteiger partial charge in [0.15, 0.2) is 0 Å². The van der Waals surface area contributed by atoms with Gasteiger partial charge in [0.25, 0.3) is 0 Å². The summed E-state index contributed by atoms with van der Waals surface area (Å²) in [5.74, 6) is 0.00887. The Labute approximate surface area is 94.2 Å². The molecule has 0 aromatic carbocycles. The maximum atomic E-state index is 11.4. The molecule has 7 heteroatoms. The number of carbonyl (C=O) groups excluding carboxylic acids is 1. The summed E-state index contributed by atoms with van der Waals surface area (Å²) >= 11 is 0. The van der Waals surface area contributed by atoms with Gasteiger partial charge in [0.1, 0.15) is 0 Å². The van der Waals surface area contributed by atoms with Crippen LogP contribution in [0.15, 0.2) is 4.99 Å². The maximum absolute atomic E-state index is 11.4. The summed E-state index contributed by atoms with van der Waals surface area (Å²) < 4.78 is 4.89. The number of nitrogens with one attached hydrogen (secondary N) is 1. The minimum atomic E-state index is -0.279. The van der Waals surface area contributed by atoms with Crippen molar-refractivity contribution in [2.45, 2.75) is 25.8 Å². The first-order valence-corrected chi connectivity index (χ1v) is 5.32. The van der Waals surface area contributed by atoms with Crippen LogP contribution in [0.5, 0.6) is 0 Å². The second-order valence-corrected chi connectivity index (χ2v) is 3.54. The van der Waals surface area contributed by atoms with Crippen molar-refractivity contribution >= 4 is 12.1 Å². The van der Waals surface area contributed by atoms with Crippen LogP contribution in [0.2, 0.25) is 0 Å². The van der Waals surface area contributed by atoms with Crippen molar-refractivity contribution < 1.29 is 14.7 Å². The lowest BCUT2D eigenvalue weighted by Crippen LogP contribution is -2.41. The van der Waals surface area contributed by atoms with Gasteiger partial charge in [0, 0.05) is 13.1 Å². The SMILES string of the molecule is CCOC(=O)N1CCC(N=C(N)NO)CC1. The molecule has 1 aliphatic rings. The zero-order chi connectivity index (χ0) is 12.0. The number of nitrogens with zero attached hydrogens (tertiary/aromatic N) is 2. The number of hydrogen-bond acceptors (Lipinski definition) is 4. The number of aliphatic imine (C=N–C) groups is 1. The summed E-state index contributed by atoms with van der Waals surface area (Å²) in [6.07, 6.45) is 1.17. The van der Waals surface area contributed by atoms with Crippen LogP contribution in [0.4, 0.5) is 4.79 Å². The van der Waals surface area contributed by atoms with Crippen molar-refractivity contribution in [3.8, 4) is 0 Å². The van der Waals surface area contributed by atoms with Gasteiger partial charge in [-0.3, -0.25) is 5.21 Å². The summed E-state index contributed by atoms with van der Waals surface area (Å²) in [6, 6.07) is 0.0466. The Kier molecular flexibility index (Phi) is 4.84. The van der Waals surface area contributed by atoms with E-state index in [-0.39, 0.29) is 18.1 Å². The van der Waals surface area contributed by atoms with E-state index in [1.165, 1.54) is 0 Å². The summed E-state index contributed by atoms with van der Waals surface area (Å²) in [5, 5.41) is 8.49. The van der Waals surface area contributed by atoms with E-state index in [1.54, 1.807) is 17.3 Å². The minimum Gasteiger partial charge on any atom is -0.450 e. The van der Waals surface area contributed by atoms with Crippen LogP contribution in [0, 0.1) is 0 Å². The van der Waals surface area contributed by atoms with E-state index in [0.29, 0.717) is 19.7 Å². The summed E-state index contributed by atoms with van der Waals surface area (Å²) in [4.78, 5) is 17.1. The van der Waals surface area contributed by atoms with Crippen molar-refractivity contribution in [3.63, 3.8) is 0 Å². The van der Waals surface area contributed by atoms with E-state index >= 15 is 0 Å². The highest BCUT2D eigenvalue weighted by Gasteiger charge is 2.23. The van der Waals surface area contributed by atoms with Crippen molar-refractivity contribution in [1.82, 2.24) is 10.4 Å². The van der Waals surface area contributed by atoms with Gasteiger partial charge in [-0.1, -0.05) is 0 Å². The molecule has 0 radical (unpaired) electrons. The Bertz CT molecular complexity index is 261. The first-order chi connectivity index (χ1) is 7.67. The third kappa shape index (κ3) is 3.58. The molecular formula is C9H18N4O3. The molecule has 1 rings (SSSR count). The topological polar surface area (TPSA) is 100 Å². The summed E-state index contributed by atoms with van der Waals surface area (Å²) in [5.41, 5.74) is 7.12. The van der Waals surface area contributed by atoms with Gasteiger partial charge in [-0.25, -0.2) is 15.3 Å². The summed E-state index contributed by atoms with van der Waals surface area (Å²) in [7, 11) is 0. The van der Waals surface area contributed by atoms with Gasteiger partial charge in [-0.15, -0.1) is 0 Å². The number of hydroxylamine groups is 1. The van der Waals surface area contributed by atoms with Crippen LogP contribution in [-0.4, -0.2) is 47.9 Å². The van der Waals surface area contributed by atoms with Gasteiger partial charge in [0.05, 0.1) is 12.6 Å². The molecule has 0 aromatic heterocycles. The Hall–Kier alpha value is -1.50. The fourth-order valence-electron chi connectivity index (χ4n) is 1.62. The lowest BCUT2D eigenvalue weighted by Gasteiger charge is -2.29. The highest BCUT2D eigenvalue weighted by Crippen LogP contribution is 2.14. The first-order valence-electron chi connectivity index (χ1n) is 5.32. The van der Waals surface area contributed by atoms with E-state index in [2.05, 4.69) is 4.99 Å². The van der Waals surface area contributed by atoms with Crippen LogP contribution in [0.25, 0.3) is 0 Å². The molecule has 0 bridgehead atoms. The molecule has 1 aliphatic heterocycles. The predicted octanol–water partition coefficient (Wildman–Crippen LogP) is -0.0992. The monoisotopic (exact) mass is 230 g/mol. The van der Waals surface area contributed by atoms with E-state index in [0.717, 1.165) is 12.8 Å². The number of guanidine groups is 1. The average molecular weight is 230 g/mol. The Morgan fingerprint density at radius 1 is 1.62 bits per heavy atom. The Balaban J connectivity index is 2.36. The zero-order valence-corrected chi connectivity index (χ0v) is 9.35. The molecular weight excluding hydrogens is 212 g/mol. The fourth-order valence-corrected chi connectivity index (χ4v) is 1.62. The largest absolute Gasteiger partial charge is 0.450 e. The Morgan fingerprint density at radius 3 is 2.75 bits per heavy atom. The normalized spacial score (nSPS) is 18.4. The predicted molar refractivity (Wildman–Crippen MR) is 58.2 cm³/mol. The van der Waals surface area contributed by atoms with E-state index in [1.807, 2.05) is 0 Å². The van der Waals surface area contributed by atoms with Gasteiger partial charge in [-0.05, 0) is 19.8 Å². The first kappa shape index (κ1) is 12.6. The molecule has 1 amide bonds. The molecule has 4 N–H and O–H groups in total. The lowest BCUT2D eigenvalue weighted by atomic mass is 10.1. The molecule has 92 valence electrons. The molecule has 1 heterocycles. The molecule has 0 atom stereocenters. The molecule has 0 aliphatic carbocycles. The van der Waals surface area contributed by atoms with E-state index in [9.17, 15) is 4.79 Å². The zero-order valence-electron chi connectivity index (χ0n) is 9.35. The van der Waals surface area contributed by atoms with Crippen molar-refractivity contribution in [2.24, 2.45) is 10.7 Å². The number of rotatable bonds is 2. The smallest absolute Gasteiger partial charge is 0.409 e. The van der Waals surface area contributed by atoms with Crippen LogP contribution < -0.4 is 11.2 Å². The quantitative estimate of drug-likeness (QED) is 0.349. The van der Waals surface area contributed by atoms with Gasteiger partial charge in [0.2, 0.25) is 5.96 Å². The van der Waals surface area contributed by atoms with Gasteiger partial charge >= 0.3 is 6.09 Å². The number of amides is 1. The second kappa shape index (κ2) is 6.16. The number of carbonyl (C=O) groups is 1. The molecule has 7 nitrogen and oxygen atoms in total. The van der Waals surface area contributed by atoms with Crippen LogP contribution in [0.1, 0.15) is 19.8 Å². The molecule has 0 spiro atoms. The Morgan fingerprint density at radius 2 is 2.25 bits per heavy atom. The lowest BCUT2D eigenvalue weighted by molar-refractivity contribution is 0.0974. The van der Waals surface area contributed by atoms with Gasteiger partial charge < -0.3 is 15.4 Å². The molecule has 0 unspecified atom stereocenters. The van der Waals surface area contributed by atoms with Crippen molar-refractivity contribution in [2.75, 3.05) is 19.7 Å². The minimum absolute atomic E-state index is 0.00887. The molecule has 1 saturated heterocycles. The molecule has 0 saturated carbocycles. The average Bonchev–Trinajstić information content (AvgIpc) is 2.30. The fraction of sp³-hybridized carbons (Fsp3) is 0.778. The van der Waals surface area contributed by atoms with Crippen molar-refractivity contribution in [1.29, 1.82) is 0 Å². The third-order valence-electron chi connectivity index (χ3n) is 2.43. The maximum Gasteiger partial charge on any atom is 0.409 e. The number of piperidine rings is 1. The molecule has 0 aromatic rings. The van der Waals surface area contributed by atoms with E-state index in [4.69, 9.17) is 15.7 Å². The van der Waals surface area contributed by atoms with Crippen molar-refractivity contribution in [3.05, 3.63) is 0 Å². The number of nitrogens with two attached hydrogens (primary N) is 1. The highest BCUT2D eigenvalue weighted by molar-refractivity contribution is 5.76. The highest BCUT2D eigenvalue weighted by atomic mass is 16.6. The van der Waals surface area contributed by atoms with Crippen LogP contribution >= 0.6 is 0 Å². The van der Waals surface area contributed by atoms with E-state index < -0.39 is 0 Å². The van der Waals surface area contributed by atoms with Crippen LogP contribution in [-0.2, 0) is 4.74 Å². The number of hydrogen-bond donors (Lipinski definition) is 3. The van der Waals surface area contributed by atoms with Crippen LogP contribution in [0.3, 0.4) is 0 Å². The number of ether oxygens (including phenoxy) is 1. The summed E-state index contributed by atoms with van der Waals surface area (Å²) in [6.45, 7) is 3.37. The number of likely N-dealkylation sites (tertiary alicyclic amines) is 1. The standard InChI is InChI=1S/C9H18N4O3/c1-2-16-9(14)13-5-3-7(4-6-13)11-8(10)12-15/h7,15H,2-6H2,1H3,(H3,10,11,12).